The molecule has 1 fully saturated rings. The molecular weight excluding hydrogens is 332 g/mol. The van der Waals surface area contributed by atoms with Gasteiger partial charge >= 0.3 is 11.9 Å². The summed E-state index contributed by atoms with van der Waals surface area (Å²) in [5.41, 5.74) is 0.716. The lowest BCUT2D eigenvalue weighted by molar-refractivity contribution is -0.145. The Labute approximate surface area is 143 Å². The molecule has 0 radical (unpaired) electrons. The maximum absolute atomic E-state index is 12.6. The number of halogens is 1. The Kier molecular flexibility index (Phi) is 4.62. The van der Waals surface area contributed by atoms with Crippen molar-refractivity contribution in [3.05, 3.63) is 70.2 Å². The average molecular weight is 345 g/mol. The van der Waals surface area contributed by atoms with Crippen LogP contribution in [-0.4, -0.2) is 30.4 Å². The minimum atomic E-state index is -0.920. The quantitative estimate of drug-likeness (QED) is 0.630. The Morgan fingerprint density at radius 1 is 1.04 bits per heavy atom. The van der Waals surface area contributed by atoms with Crippen LogP contribution in [0.1, 0.15) is 32.7 Å². The first kappa shape index (κ1) is 16.2. The molecule has 0 aromatic heterocycles. The number of rotatable bonds is 4. The first-order valence-electron chi connectivity index (χ1n) is 7.33. The van der Waals surface area contributed by atoms with Gasteiger partial charge in [0.05, 0.1) is 12.2 Å². The second-order valence-electron chi connectivity index (χ2n) is 5.23. The highest BCUT2D eigenvalue weighted by Crippen LogP contribution is 2.19. The van der Waals surface area contributed by atoms with Crippen LogP contribution in [0.2, 0.25) is 5.02 Å². The van der Waals surface area contributed by atoms with Gasteiger partial charge in [-0.05, 0) is 30.3 Å². The summed E-state index contributed by atoms with van der Waals surface area (Å²) in [5, 5.41) is 0.513. The largest absolute Gasteiger partial charge is 0.463 e. The zero-order valence-electron chi connectivity index (χ0n) is 12.5. The maximum Gasteiger partial charge on any atom is 0.347 e. The fraction of sp³-hybridized carbons (Fsp3) is 0.167. The summed E-state index contributed by atoms with van der Waals surface area (Å²) >= 11 is 5.82. The molecule has 5 nitrogen and oxygen atoms in total. The van der Waals surface area contributed by atoms with E-state index in [0.29, 0.717) is 17.0 Å². The Morgan fingerprint density at radius 3 is 2.33 bits per heavy atom. The van der Waals surface area contributed by atoms with Crippen molar-refractivity contribution < 1.29 is 23.9 Å². The molecule has 0 saturated carbocycles. The molecule has 1 aliphatic rings. The van der Waals surface area contributed by atoms with Crippen molar-refractivity contribution in [1.29, 1.82) is 0 Å². The summed E-state index contributed by atoms with van der Waals surface area (Å²) < 4.78 is 9.93. The van der Waals surface area contributed by atoms with Crippen molar-refractivity contribution in [3.8, 4) is 0 Å². The first-order chi connectivity index (χ1) is 11.6. The van der Waals surface area contributed by atoms with Crippen LogP contribution in [0.5, 0.6) is 0 Å². The lowest BCUT2D eigenvalue weighted by Gasteiger charge is -2.11. The van der Waals surface area contributed by atoms with Gasteiger partial charge in [-0.1, -0.05) is 29.8 Å². The number of cyclic esters (lactones) is 1. The SMILES string of the molecule is O=C(OC1CCOC1=O)c1ccccc1C(=O)c1ccc(Cl)cc1. The molecule has 1 heterocycles. The lowest BCUT2D eigenvalue weighted by atomic mass is 9.98. The van der Waals surface area contributed by atoms with Crippen LogP contribution >= 0.6 is 11.6 Å². The Hall–Kier alpha value is -2.66. The highest BCUT2D eigenvalue weighted by atomic mass is 35.5. The van der Waals surface area contributed by atoms with E-state index in [2.05, 4.69) is 0 Å². The summed E-state index contributed by atoms with van der Waals surface area (Å²) in [4.78, 5) is 36.4. The van der Waals surface area contributed by atoms with Crippen molar-refractivity contribution in [2.45, 2.75) is 12.5 Å². The first-order valence-corrected chi connectivity index (χ1v) is 7.71. The molecule has 2 aromatic rings. The van der Waals surface area contributed by atoms with E-state index in [0.717, 1.165) is 0 Å². The zero-order chi connectivity index (χ0) is 17.1. The highest BCUT2D eigenvalue weighted by molar-refractivity contribution is 6.30. The van der Waals surface area contributed by atoms with E-state index in [9.17, 15) is 14.4 Å². The number of carbonyl (C=O) groups excluding carboxylic acids is 3. The average Bonchev–Trinajstić information content (AvgIpc) is 3.00. The molecule has 3 rings (SSSR count). The van der Waals surface area contributed by atoms with Gasteiger partial charge in [-0.25, -0.2) is 9.59 Å². The molecule has 122 valence electrons. The molecule has 6 heteroatoms. The summed E-state index contributed by atoms with van der Waals surface area (Å²) in [5.74, 6) is -1.62. The fourth-order valence-electron chi connectivity index (χ4n) is 2.39. The fourth-order valence-corrected chi connectivity index (χ4v) is 2.52. The van der Waals surface area contributed by atoms with E-state index >= 15 is 0 Å². The Bertz CT molecular complexity index is 797. The van der Waals surface area contributed by atoms with Crippen molar-refractivity contribution in [3.63, 3.8) is 0 Å². The second-order valence-corrected chi connectivity index (χ2v) is 5.67. The molecular formula is C18H13ClO5. The molecule has 1 atom stereocenters. The molecule has 24 heavy (non-hydrogen) atoms. The van der Waals surface area contributed by atoms with Crippen LogP contribution < -0.4 is 0 Å². The molecule has 1 aliphatic heterocycles. The van der Waals surface area contributed by atoms with E-state index in [-0.39, 0.29) is 23.5 Å². The third-order valence-corrected chi connectivity index (χ3v) is 3.89. The number of esters is 2. The Balaban J connectivity index is 1.87. The van der Waals surface area contributed by atoms with E-state index in [1.165, 1.54) is 6.07 Å². The van der Waals surface area contributed by atoms with Crippen LogP contribution in [0, 0.1) is 0 Å². The van der Waals surface area contributed by atoms with E-state index < -0.39 is 18.0 Å². The normalized spacial score (nSPS) is 16.5. The van der Waals surface area contributed by atoms with Crippen molar-refractivity contribution in [2.24, 2.45) is 0 Å². The predicted molar refractivity (Wildman–Crippen MR) is 86.1 cm³/mol. The molecule has 1 saturated heterocycles. The van der Waals surface area contributed by atoms with Gasteiger partial charge in [-0.3, -0.25) is 4.79 Å². The van der Waals surface area contributed by atoms with E-state index in [4.69, 9.17) is 21.1 Å². The van der Waals surface area contributed by atoms with Gasteiger partial charge in [-0.15, -0.1) is 0 Å². The Morgan fingerprint density at radius 2 is 1.71 bits per heavy atom. The zero-order valence-corrected chi connectivity index (χ0v) is 13.3. The number of carbonyl (C=O) groups is 3. The van der Waals surface area contributed by atoms with Gasteiger partial charge in [0, 0.05) is 22.6 Å². The summed E-state index contributed by atoms with van der Waals surface area (Å²) in [6.07, 6.45) is -0.603. The summed E-state index contributed by atoms with van der Waals surface area (Å²) in [6, 6.07) is 12.7. The number of ether oxygens (including phenoxy) is 2. The maximum atomic E-state index is 12.6. The minimum Gasteiger partial charge on any atom is -0.463 e. The third-order valence-electron chi connectivity index (χ3n) is 3.63. The molecule has 0 bridgehead atoms. The van der Waals surface area contributed by atoms with Gasteiger partial charge in [0.25, 0.3) is 0 Å². The third kappa shape index (κ3) is 3.31. The van der Waals surface area contributed by atoms with Gasteiger partial charge in [0.15, 0.2) is 5.78 Å². The number of hydrogen-bond donors (Lipinski definition) is 0. The molecule has 2 aromatic carbocycles. The van der Waals surface area contributed by atoms with Crippen LogP contribution in [-0.2, 0) is 14.3 Å². The predicted octanol–water partition coefficient (Wildman–Crippen LogP) is 3.04. The van der Waals surface area contributed by atoms with Crippen molar-refractivity contribution in [2.75, 3.05) is 6.61 Å². The smallest absolute Gasteiger partial charge is 0.347 e. The van der Waals surface area contributed by atoms with E-state index in [1.54, 1.807) is 42.5 Å². The van der Waals surface area contributed by atoms with Crippen molar-refractivity contribution in [1.82, 2.24) is 0 Å². The van der Waals surface area contributed by atoms with Crippen molar-refractivity contribution >= 4 is 29.3 Å². The monoisotopic (exact) mass is 344 g/mol. The number of hydrogen-bond acceptors (Lipinski definition) is 5. The molecule has 0 spiro atoms. The minimum absolute atomic E-state index is 0.108. The van der Waals surface area contributed by atoms with Crippen LogP contribution in [0.15, 0.2) is 48.5 Å². The lowest BCUT2D eigenvalue weighted by Crippen LogP contribution is -2.24. The highest BCUT2D eigenvalue weighted by Gasteiger charge is 2.31. The summed E-state index contributed by atoms with van der Waals surface area (Å²) in [6.45, 7) is 0.224. The molecule has 0 amide bonds. The number of benzene rings is 2. The van der Waals surface area contributed by atoms with E-state index in [1.807, 2.05) is 0 Å². The van der Waals surface area contributed by atoms with Gasteiger partial charge in [0.1, 0.15) is 0 Å². The molecule has 0 N–H and O–H groups in total. The molecule has 1 unspecified atom stereocenters. The summed E-state index contributed by atoms with van der Waals surface area (Å²) in [7, 11) is 0. The second kappa shape index (κ2) is 6.84. The van der Waals surface area contributed by atoms with Gasteiger partial charge in [0.2, 0.25) is 6.10 Å². The standard InChI is InChI=1S/C18H13ClO5/c19-12-7-5-11(6-8-12)16(20)13-3-1-2-4-14(13)17(21)24-15-9-10-23-18(15)22/h1-8,15H,9-10H2. The van der Waals surface area contributed by atoms with Crippen LogP contribution in [0.4, 0.5) is 0 Å². The topological polar surface area (TPSA) is 69.7 Å². The van der Waals surface area contributed by atoms with Crippen LogP contribution in [0.3, 0.4) is 0 Å². The van der Waals surface area contributed by atoms with Crippen LogP contribution in [0.25, 0.3) is 0 Å². The molecule has 0 aliphatic carbocycles. The van der Waals surface area contributed by atoms with Gasteiger partial charge < -0.3 is 9.47 Å². The number of ketones is 1. The van der Waals surface area contributed by atoms with Gasteiger partial charge in [-0.2, -0.15) is 0 Å².